The predicted molar refractivity (Wildman–Crippen MR) is 127 cm³/mol. The number of para-hydroxylation sites is 1. The second-order valence-corrected chi connectivity index (χ2v) is 8.37. The van der Waals surface area contributed by atoms with Gasteiger partial charge in [0.05, 0.1) is 5.71 Å². The average molecular weight is 451 g/mol. The molecule has 0 aliphatic carbocycles. The minimum atomic E-state index is -0.648. The fourth-order valence-corrected chi connectivity index (χ4v) is 3.99. The summed E-state index contributed by atoms with van der Waals surface area (Å²) < 4.78 is 5.73. The molecule has 0 saturated carbocycles. The molecule has 32 heavy (non-hydrogen) atoms. The van der Waals surface area contributed by atoms with Gasteiger partial charge in [-0.1, -0.05) is 77.4 Å². The van der Waals surface area contributed by atoms with Gasteiger partial charge in [-0.15, -0.1) is 0 Å². The number of benzene rings is 3. The van der Waals surface area contributed by atoms with Gasteiger partial charge in [0.25, 0.3) is 0 Å². The standard InChI is InChI=1S/C26H27ClN2O3/c27-22-11-7-8-20(14-22)16-29(17-23(30)19-31-24-12-5-2-6-13-24)18-25-15-26(28-32-25)21-9-3-1-4-10-21/h1-14,23,25,30H,15-19H2/t23-,25-/m0/s1. The number of rotatable bonds is 10. The SMILES string of the molecule is O[C@H](COc1ccccc1)CN(Cc1cccc(Cl)c1)C[C@@H]1CC(c2ccccc2)=NO1. The van der Waals surface area contributed by atoms with Crippen LogP contribution in [0.15, 0.2) is 90.1 Å². The molecule has 1 aliphatic heterocycles. The molecule has 3 aromatic carbocycles. The first-order valence-electron chi connectivity index (χ1n) is 10.8. The molecule has 2 atom stereocenters. The van der Waals surface area contributed by atoms with E-state index in [1.54, 1.807) is 0 Å². The first-order chi connectivity index (χ1) is 15.7. The quantitative estimate of drug-likeness (QED) is 0.483. The fourth-order valence-electron chi connectivity index (χ4n) is 3.77. The molecule has 6 heteroatoms. The van der Waals surface area contributed by atoms with Crippen LogP contribution in [0.25, 0.3) is 0 Å². The lowest BCUT2D eigenvalue weighted by Crippen LogP contribution is -2.39. The van der Waals surface area contributed by atoms with Crippen LogP contribution in [-0.4, -0.2) is 47.6 Å². The Morgan fingerprint density at radius 2 is 1.78 bits per heavy atom. The van der Waals surface area contributed by atoms with E-state index in [1.807, 2.05) is 84.9 Å². The summed E-state index contributed by atoms with van der Waals surface area (Å²) >= 11 is 6.18. The van der Waals surface area contributed by atoms with Gasteiger partial charge in [-0.3, -0.25) is 4.90 Å². The van der Waals surface area contributed by atoms with Crippen molar-refractivity contribution in [1.29, 1.82) is 0 Å². The normalized spacial score (nSPS) is 16.5. The third-order valence-electron chi connectivity index (χ3n) is 5.25. The second kappa shape index (κ2) is 11.1. The molecule has 0 radical (unpaired) electrons. The highest BCUT2D eigenvalue weighted by molar-refractivity contribution is 6.30. The van der Waals surface area contributed by atoms with Crippen LogP contribution in [0.2, 0.25) is 5.02 Å². The molecule has 0 saturated heterocycles. The molecule has 4 rings (SSSR count). The summed E-state index contributed by atoms with van der Waals surface area (Å²) in [6.45, 7) is 1.94. The van der Waals surface area contributed by atoms with E-state index in [0.29, 0.717) is 24.7 Å². The minimum Gasteiger partial charge on any atom is -0.491 e. The Balaban J connectivity index is 1.37. The molecular formula is C26H27ClN2O3. The molecule has 0 aromatic heterocycles. The molecule has 0 bridgehead atoms. The topological polar surface area (TPSA) is 54.3 Å². The smallest absolute Gasteiger partial charge is 0.145 e. The van der Waals surface area contributed by atoms with Crippen molar-refractivity contribution in [2.45, 2.75) is 25.2 Å². The van der Waals surface area contributed by atoms with Crippen molar-refractivity contribution in [1.82, 2.24) is 4.90 Å². The molecule has 5 nitrogen and oxygen atoms in total. The van der Waals surface area contributed by atoms with Gasteiger partial charge in [0.1, 0.15) is 24.6 Å². The maximum Gasteiger partial charge on any atom is 0.145 e. The zero-order chi connectivity index (χ0) is 22.2. The fraction of sp³-hybridized carbons (Fsp3) is 0.269. The van der Waals surface area contributed by atoms with Gasteiger partial charge >= 0.3 is 0 Å². The highest BCUT2D eigenvalue weighted by Crippen LogP contribution is 2.20. The maximum absolute atomic E-state index is 10.7. The first kappa shape index (κ1) is 22.3. The number of nitrogens with zero attached hydrogens (tertiary/aromatic N) is 2. The summed E-state index contributed by atoms with van der Waals surface area (Å²) in [7, 11) is 0. The highest BCUT2D eigenvalue weighted by atomic mass is 35.5. The van der Waals surface area contributed by atoms with E-state index in [9.17, 15) is 5.11 Å². The van der Waals surface area contributed by atoms with Crippen molar-refractivity contribution in [3.8, 4) is 5.75 Å². The van der Waals surface area contributed by atoms with Crippen LogP contribution >= 0.6 is 11.6 Å². The van der Waals surface area contributed by atoms with Crippen LogP contribution in [0.1, 0.15) is 17.5 Å². The van der Waals surface area contributed by atoms with Crippen molar-refractivity contribution >= 4 is 17.3 Å². The number of hydrogen-bond donors (Lipinski definition) is 1. The molecule has 1 heterocycles. The summed E-state index contributed by atoms with van der Waals surface area (Å²) in [5.74, 6) is 0.743. The zero-order valence-corrected chi connectivity index (χ0v) is 18.6. The van der Waals surface area contributed by atoms with E-state index in [0.717, 1.165) is 29.0 Å². The van der Waals surface area contributed by atoms with Crippen LogP contribution in [0.5, 0.6) is 5.75 Å². The van der Waals surface area contributed by atoms with Gasteiger partial charge in [-0.2, -0.15) is 0 Å². The molecule has 166 valence electrons. The van der Waals surface area contributed by atoms with Crippen LogP contribution in [0.3, 0.4) is 0 Å². The van der Waals surface area contributed by atoms with Crippen LogP contribution in [-0.2, 0) is 11.4 Å². The van der Waals surface area contributed by atoms with E-state index in [-0.39, 0.29) is 12.7 Å². The van der Waals surface area contributed by atoms with Crippen molar-refractivity contribution in [3.05, 3.63) is 101 Å². The Hall–Kier alpha value is -2.86. The summed E-state index contributed by atoms with van der Waals surface area (Å²) in [6, 6.07) is 27.4. The Morgan fingerprint density at radius 1 is 1.03 bits per heavy atom. The lowest BCUT2D eigenvalue weighted by Gasteiger charge is -2.27. The molecule has 0 amide bonds. The summed E-state index contributed by atoms with van der Waals surface area (Å²) in [4.78, 5) is 7.90. The molecule has 0 fully saturated rings. The summed E-state index contributed by atoms with van der Waals surface area (Å²) in [5, 5.41) is 15.7. The summed E-state index contributed by atoms with van der Waals surface area (Å²) in [6.07, 6.45) is 0.00378. The average Bonchev–Trinajstić information content (AvgIpc) is 3.27. The maximum atomic E-state index is 10.7. The minimum absolute atomic E-state index is 0.0772. The Bertz CT molecular complexity index is 1010. The largest absolute Gasteiger partial charge is 0.491 e. The Labute approximate surface area is 193 Å². The van der Waals surface area contributed by atoms with Crippen LogP contribution in [0.4, 0.5) is 0 Å². The molecule has 3 aromatic rings. The van der Waals surface area contributed by atoms with Crippen molar-refractivity contribution < 1.29 is 14.7 Å². The van der Waals surface area contributed by atoms with Gasteiger partial charge in [-0.25, -0.2) is 0 Å². The van der Waals surface area contributed by atoms with E-state index in [2.05, 4.69) is 10.1 Å². The first-order valence-corrected chi connectivity index (χ1v) is 11.1. The lowest BCUT2D eigenvalue weighted by molar-refractivity contribution is 0.0213. The number of halogens is 1. The monoisotopic (exact) mass is 450 g/mol. The Morgan fingerprint density at radius 3 is 2.53 bits per heavy atom. The van der Waals surface area contributed by atoms with Gasteiger partial charge < -0.3 is 14.7 Å². The molecule has 1 N–H and O–H groups in total. The molecule has 1 aliphatic rings. The number of aliphatic hydroxyl groups excluding tert-OH is 1. The van der Waals surface area contributed by atoms with Crippen molar-refractivity contribution in [3.63, 3.8) is 0 Å². The van der Waals surface area contributed by atoms with Crippen LogP contribution < -0.4 is 4.74 Å². The number of ether oxygens (including phenoxy) is 1. The predicted octanol–water partition coefficient (Wildman–Crippen LogP) is 4.78. The van der Waals surface area contributed by atoms with Crippen molar-refractivity contribution in [2.24, 2.45) is 5.16 Å². The van der Waals surface area contributed by atoms with Gasteiger partial charge in [0.15, 0.2) is 0 Å². The molecule has 0 unspecified atom stereocenters. The highest BCUT2D eigenvalue weighted by Gasteiger charge is 2.26. The Kier molecular flexibility index (Phi) is 7.77. The zero-order valence-electron chi connectivity index (χ0n) is 17.8. The van der Waals surface area contributed by atoms with Crippen molar-refractivity contribution in [2.75, 3.05) is 19.7 Å². The molecular weight excluding hydrogens is 424 g/mol. The number of aliphatic hydroxyl groups is 1. The molecule has 0 spiro atoms. The van der Waals surface area contributed by atoms with E-state index in [1.165, 1.54) is 0 Å². The number of hydrogen-bond acceptors (Lipinski definition) is 5. The van der Waals surface area contributed by atoms with E-state index < -0.39 is 6.10 Å². The third-order valence-corrected chi connectivity index (χ3v) is 5.49. The van der Waals surface area contributed by atoms with Gasteiger partial charge in [0.2, 0.25) is 0 Å². The third kappa shape index (κ3) is 6.57. The summed E-state index contributed by atoms with van der Waals surface area (Å²) in [5.41, 5.74) is 3.11. The second-order valence-electron chi connectivity index (χ2n) is 7.94. The van der Waals surface area contributed by atoms with E-state index in [4.69, 9.17) is 21.2 Å². The van der Waals surface area contributed by atoms with Gasteiger partial charge in [0, 0.05) is 31.1 Å². The van der Waals surface area contributed by atoms with Crippen LogP contribution in [0, 0.1) is 0 Å². The number of oxime groups is 1. The van der Waals surface area contributed by atoms with E-state index >= 15 is 0 Å². The van der Waals surface area contributed by atoms with Gasteiger partial charge in [-0.05, 0) is 35.4 Å². The lowest BCUT2D eigenvalue weighted by atomic mass is 10.0.